The van der Waals surface area contributed by atoms with Crippen LogP contribution < -0.4 is 4.65 Å². The molecule has 4 rings (SSSR count). The highest BCUT2D eigenvalue weighted by Gasteiger charge is 2.43. The largest absolute Gasteiger partial charge is 0.535 e. The van der Waals surface area contributed by atoms with Crippen LogP contribution in [-0.2, 0) is 20.7 Å². The van der Waals surface area contributed by atoms with E-state index >= 15 is 0 Å². The number of alkyl halides is 2. The molecular formula is C23H21BF2O6. The summed E-state index contributed by atoms with van der Waals surface area (Å²) in [5.74, 6) is -5.81. The summed E-state index contributed by atoms with van der Waals surface area (Å²) in [6.07, 6.45) is -2.02. The van der Waals surface area contributed by atoms with Crippen LogP contribution in [0.1, 0.15) is 53.1 Å². The number of halogens is 2. The van der Waals surface area contributed by atoms with Gasteiger partial charge < -0.3 is 19.2 Å². The van der Waals surface area contributed by atoms with Crippen LogP contribution in [0.25, 0.3) is 5.76 Å². The molecule has 0 saturated carbocycles. The number of esters is 1. The van der Waals surface area contributed by atoms with Crippen LogP contribution in [0.3, 0.4) is 0 Å². The predicted molar refractivity (Wildman–Crippen MR) is 112 cm³/mol. The lowest BCUT2D eigenvalue weighted by Crippen LogP contribution is -2.38. The van der Waals surface area contributed by atoms with Crippen molar-refractivity contribution >= 4 is 24.6 Å². The number of carbonyl (C=O) groups is 2. The fraction of sp³-hybridized carbons (Fsp3) is 0.304. The summed E-state index contributed by atoms with van der Waals surface area (Å²) in [4.78, 5) is 24.8. The minimum atomic E-state index is -3.45. The summed E-state index contributed by atoms with van der Waals surface area (Å²) >= 11 is 0. The third kappa shape index (κ3) is 4.00. The molecule has 0 bridgehead atoms. The van der Waals surface area contributed by atoms with E-state index in [4.69, 9.17) is 14.1 Å². The Kier molecular flexibility index (Phi) is 5.77. The highest BCUT2D eigenvalue weighted by atomic mass is 19.3. The number of para-hydroxylation sites is 1. The molecule has 0 spiro atoms. The molecule has 2 aliphatic heterocycles. The summed E-state index contributed by atoms with van der Waals surface area (Å²) in [6.45, 7) is 5.03. The lowest BCUT2D eigenvalue weighted by Gasteiger charge is -2.29. The minimum Gasteiger partial charge on any atom is -0.535 e. The van der Waals surface area contributed by atoms with Gasteiger partial charge in [-0.1, -0.05) is 49.9 Å². The van der Waals surface area contributed by atoms with Gasteiger partial charge in [0.15, 0.2) is 0 Å². The molecule has 1 N–H and O–H groups in total. The number of hydrogen-bond acceptors (Lipinski definition) is 6. The van der Waals surface area contributed by atoms with Crippen LogP contribution in [0.5, 0.6) is 5.75 Å². The van der Waals surface area contributed by atoms with Crippen molar-refractivity contribution in [1.82, 2.24) is 0 Å². The molecular weight excluding hydrogens is 421 g/mol. The number of carbonyl (C=O) groups excluding carboxylic acids is 2. The van der Waals surface area contributed by atoms with Gasteiger partial charge in [0, 0.05) is 29.8 Å². The van der Waals surface area contributed by atoms with Crippen molar-refractivity contribution in [2.75, 3.05) is 0 Å². The summed E-state index contributed by atoms with van der Waals surface area (Å²) in [5, 5.41) is 10.4. The minimum absolute atomic E-state index is 0.0591. The fourth-order valence-corrected chi connectivity index (χ4v) is 3.86. The van der Waals surface area contributed by atoms with Crippen molar-refractivity contribution in [2.45, 2.75) is 44.2 Å². The van der Waals surface area contributed by atoms with Gasteiger partial charge in [-0.2, -0.15) is 8.78 Å². The molecule has 2 aromatic carbocycles. The van der Waals surface area contributed by atoms with E-state index in [0.717, 1.165) is 5.56 Å². The molecule has 2 aromatic rings. The lowest BCUT2D eigenvalue weighted by molar-refractivity contribution is -0.143. The molecule has 0 saturated heterocycles. The molecule has 1 unspecified atom stereocenters. The number of hydrogen-bond donors (Lipinski definition) is 1. The Morgan fingerprint density at radius 2 is 2.00 bits per heavy atom. The quantitative estimate of drug-likeness (QED) is 0.530. The maximum absolute atomic E-state index is 13.7. The number of Topliss-reactive ketones (excluding diaryl/α,β-unsaturated/α-hetero) is 1. The van der Waals surface area contributed by atoms with E-state index in [1.165, 1.54) is 13.0 Å². The van der Waals surface area contributed by atoms with Gasteiger partial charge in [-0.15, -0.1) is 0 Å². The SMILES string of the molecule is C=C1OC(OC(=O)c2cccc3c2OB(O)[C@@H](CC(=O)C(F)(F)CC)C3)c2ccccc21. The second-order valence-corrected chi connectivity index (χ2v) is 7.82. The number of benzene rings is 2. The van der Waals surface area contributed by atoms with Crippen molar-refractivity contribution in [1.29, 1.82) is 0 Å². The van der Waals surface area contributed by atoms with Gasteiger partial charge in [-0.3, -0.25) is 4.79 Å². The van der Waals surface area contributed by atoms with Crippen molar-refractivity contribution in [3.8, 4) is 5.75 Å². The zero-order chi connectivity index (χ0) is 23.0. The normalized spacial score (nSPS) is 19.5. The maximum atomic E-state index is 13.7. The van der Waals surface area contributed by atoms with Crippen molar-refractivity contribution < 1.29 is 37.5 Å². The average Bonchev–Trinajstić information content (AvgIpc) is 3.09. The number of ketones is 1. The van der Waals surface area contributed by atoms with Crippen LogP contribution >= 0.6 is 0 Å². The standard InChI is InChI=1S/C23H21BF2O6/c1-3-23(25,26)19(27)12-15-11-14-7-6-10-18(20(14)32-24(15)29)21(28)31-22-17-9-5-4-8-16(17)13(2)30-22/h4-10,15,22,29H,2-3,11-12H2,1H3/t15-,22?/m1/s1. The fourth-order valence-electron chi connectivity index (χ4n) is 3.86. The highest BCUT2D eigenvalue weighted by molar-refractivity contribution is 6.47. The van der Waals surface area contributed by atoms with Gasteiger partial charge in [0.1, 0.15) is 17.1 Å². The van der Waals surface area contributed by atoms with Crippen LogP contribution in [0.15, 0.2) is 49.0 Å². The summed E-state index contributed by atoms with van der Waals surface area (Å²) in [6, 6.07) is 11.9. The maximum Gasteiger partial charge on any atom is 0.526 e. The van der Waals surface area contributed by atoms with Gasteiger partial charge in [-0.05, 0) is 18.1 Å². The van der Waals surface area contributed by atoms with Gasteiger partial charge in [0.2, 0.25) is 5.78 Å². The molecule has 0 aliphatic carbocycles. The summed E-state index contributed by atoms with van der Waals surface area (Å²) in [5.41, 5.74) is 1.97. The zero-order valence-corrected chi connectivity index (χ0v) is 17.3. The van der Waals surface area contributed by atoms with E-state index in [1.807, 2.05) is 6.07 Å². The van der Waals surface area contributed by atoms with E-state index in [0.29, 0.717) is 16.9 Å². The van der Waals surface area contributed by atoms with E-state index in [-0.39, 0.29) is 17.7 Å². The highest BCUT2D eigenvalue weighted by Crippen LogP contribution is 2.41. The van der Waals surface area contributed by atoms with Gasteiger partial charge >= 0.3 is 19.0 Å². The first-order valence-electron chi connectivity index (χ1n) is 10.2. The number of fused-ring (bicyclic) bond motifs is 2. The molecule has 0 amide bonds. The Morgan fingerprint density at radius 3 is 2.75 bits per heavy atom. The smallest absolute Gasteiger partial charge is 0.526 e. The van der Waals surface area contributed by atoms with Crippen LogP contribution in [0.4, 0.5) is 8.78 Å². The molecule has 0 radical (unpaired) electrons. The van der Waals surface area contributed by atoms with Gasteiger partial charge in [0.05, 0.1) is 0 Å². The summed E-state index contributed by atoms with van der Waals surface area (Å²) < 4.78 is 43.9. The Bertz CT molecular complexity index is 1090. The molecule has 2 heterocycles. The molecule has 0 fully saturated rings. The first kappa shape index (κ1) is 22.0. The van der Waals surface area contributed by atoms with E-state index in [9.17, 15) is 23.4 Å². The summed E-state index contributed by atoms with van der Waals surface area (Å²) in [7, 11) is -1.52. The van der Waals surface area contributed by atoms with E-state index < -0.39 is 49.7 Å². The Morgan fingerprint density at radius 1 is 1.25 bits per heavy atom. The molecule has 6 nitrogen and oxygen atoms in total. The lowest BCUT2D eigenvalue weighted by atomic mass is 9.64. The Labute approximate surface area is 183 Å². The third-order valence-electron chi connectivity index (χ3n) is 5.72. The predicted octanol–water partition coefficient (Wildman–Crippen LogP) is 4.33. The molecule has 9 heteroatoms. The third-order valence-corrected chi connectivity index (χ3v) is 5.72. The average molecular weight is 442 g/mol. The second kappa shape index (κ2) is 8.39. The zero-order valence-electron chi connectivity index (χ0n) is 17.3. The van der Waals surface area contributed by atoms with Crippen LogP contribution in [0, 0.1) is 0 Å². The Hall–Kier alpha value is -3.20. The van der Waals surface area contributed by atoms with Crippen LogP contribution in [-0.4, -0.2) is 29.8 Å². The Balaban J connectivity index is 1.52. The van der Waals surface area contributed by atoms with Crippen molar-refractivity contribution in [3.63, 3.8) is 0 Å². The van der Waals surface area contributed by atoms with E-state index in [2.05, 4.69) is 6.58 Å². The number of rotatable bonds is 6. The molecule has 0 aromatic heterocycles. The first-order valence-corrected chi connectivity index (χ1v) is 10.2. The molecule has 2 aliphatic rings. The molecule has 2 atom stereocenters. The van der Waals surface area contributed by atoms with Crippen molar-refractivity contribution in [3.05, 3.63) is 71.3 Å². The van der Waals surface area contributed by atoms with Gasteiger partial charge in [-0.25, -0.2) is 4.79 Å². The second-order valence-electron chi connectivity index (χ2n) is 7.82. The molecule has 32 heavy (non-hydrogen) atoms. The topological polar surface area (TPSA) is 82.1 Å². The van der Waals surface area contributed by atoms with Crippen molar-refractivity contribution in [2.24, 2.45) is 0 Å². The van der Waals surface area contributed by atoms with Crippen LogP contribution in [0.2, 0.25) is 5.82 Å². The van der Waals surface area contributed by atoms with E-state index in [1.54, 1.807) is 30.3 Å². The van der Waals surface area contributed by atoms with Gasteiger partial charge in [0.25, 0.3) is 6.29 Å². The monoisotopic (exact) mass is 442 g/mol. The molecule has 166 valence electrons. The number of ether oxygens (including phenoxy) is 2. The first-order chi connectivity index (χ1) is 15.2.